The van der Waals surface area contributed by atoms with Crippen molar-refractivity contribution in [2.24, 2.45) is 0 Å². The van der Waals surface area contributed by atoms with Gasteiger partial charge in [0.1, 0.15) is 5.60 Å². The van der Waals surface area contributed by atoms with Crippen molar-refractivity contribution >= 4 is 23.1 Å². The maximum absolute atomic E-state index is 12.3. The molecule has 0 aliphatic rings. The van der Waals surface area contributed by atoms with Crippen LogP contribution in [0.2, 0.25) is 0 Å². The quantitative estimate of drug-likeness (QED) is 0.784. The van der Waals surface area contributed by atoms with Gasteiger partial charge in [-0.2, -0.15) is 0 Å². The summed E-state index contributed by atoms with van der Waals surface area (Å²) in [6, 6.07) is 7.72. The first kappa shape index (κ1) is 15.2. The molecule has 4 nitrogen and oxygen atoms in total. The fraction of sp³-hybridized carbons (Fsp3) is 0.353. The van der Waals surface area contributed by atoms with Crippen molar-refractivity contribution in [3.8, 4) is 0 Å². The molecule has 0 fully saturated rings. The molecule has 0 aliphatic carbocycles. The molecule has 0 saturated carbocycles. The summed E-state index contributed by atoms with van der Waals surface area (Å²) >= 11 is 0. The van der Waals surface area contributed by atoms with Crippen LogP contribution >= 0.6 is 0 Å². The highest BCUT2D eigenvalue weighted by atomic mass is 16.6. The van der Waals surface area contributed by atoms with Gasteiger partial charge in [-0.1, -0.05) is 18.2 Å². The van der Waals surface area contributed by atoms with Crippen LogP contribution in [0.25, 0.3) is 17.0 Å². The first-order chi connectivity index (χ1) is 9.92. The average molecular weight is 287 g/mol. The van der Waals surface area contributed by atoms with Crippen molar-refractivity contribution in [2.45, 2.75) is 33.3 Å². The summed E-state index contributed by atoms with van der Waals surface area (Å²) in [5.74, 6) is 0. The normalized spacial score (nSPS) is 12.0. The fourth-order valence-corrected chi connectivity index (χ4v) is 2.02. The second-order valence-electron chi connectivity index (χ2n) is 5.71. The minimum atomic E-state index is -0.524. The van der Waals surface area contributed by atoms with Crippen molar-refractivity contribution in [1.82, 2.24) is 4.57 Å². The Kier molecular flexibility index (Phi) is 4.36. The van der Waals surface area contributed by atoms with Crippen molar-refractivity contribution in [1.29, 1.82) is 0 Å². The number of fused-ring (bicyclic) bond motifs is 1. The third kappa shape index (κ3) is 3.66. The van der Waals surface area contributed by atoms with E-state index in [9.17, 15) is 4.79 Å². The average Bonchev–Trinajstić information content (AvgIpc) is 2.77. The third-order valence-electron chi connectivity index (χ3n) is 2.84. The smallest absolute Gasteiger partial charge is 0.419 e. The minimum Gasteiger partial charge on any atom is -0.501 e. The monoisotopic (exact) mass is 287 g/mol. The van der Waals surface area contributed by atoms with Crippen LogP contribution < -0.4 is 0 Å². The van der Waals surface area contributed by atoms with Gasteiger partial charge in [-0.15, -0.1) is 0 Å². The molecule has 1 aromatic heterocycles. The lowest BCUT2D eigenvalue weighted by atomic mass is 10.2. The van der Waals surface area contributed by atoms with Crippen LogP contribution in [0.4, 0.5) is 4.79 Å². The van der Waals surface area contributed by atoms with Crippen molar-refractivity contribution in [2.75, 3.05) is 6.61 Å². The van der Waals surface area contributed by atoms with Gasteiger partial charge in [0.15, 0.2) is 0 Å². The van der Waals surface area contributed by atoms with Crippen LogP contribution in [0.15, 0.2) is 36.7 Å². The van der Waals surface area contributed by atoms with Gasteiger partial charge in [-0.25, -0.2) is 4.79 Å². The van der Waals surface area contributed by atoms with Gasteiger partial charge < -0.3 is 9.47 Å². The number of carbonyl (C=O) groups is 1. The summed E-state index contributed by atoms with van der Waals surface area (Å²) < 4.78 is 12.2. The summed E-state index contributed by atoms with van der Waals surface area (Å²) in [6.45, 7) is 8.10. The Labute approximate surface area is 125 Å². The Bertz CT molecular complexity index is 662. The van der Waals surface area contributed by atoms with E-state index in [-0.39, 0.29) is 6.09 Å². The second kappa shape index (κ2) is 6.04. The van der Waals surface area contributed by atoms with Gasteiger partial charge in [-0.05, 0) is 39.8 Å². The molecule has 0 atom stereocenters. The highest BCUT2D eigenvalue weighted by Crippen LogP contribution is 2.23. The van der Waals surface area contributed by atoms with Crippen molar-refractivity contribution in [3.63, 3.8) is 0 Å². The molecule has 0 unspecified atom stereocenters. The Morgan fingerprint density at radius 2 is 2.00 bits per heavy atom. The van der Waals surface area contributed by atoms with Crippen molar-refractivity contribution in [3.05, 3.63) is 42.3 Å². The highest BCUT2D eigenvalue weighted by molar-refractivity contribution is 5.95. The van der Waals surface area contributed by atoms with E-state index < -0.39 is 5.60 Å². The highest BCUT2D eigenvalue weighted by Gasteiger charge is 2.20. The van der Waals surface area contributed by atoms with E-state index in [0.29, 0.717) is 6.61 Å². The topological polar surface area (TPSA) is 40.5 Å². The van der Waals surface area contributed by atoms with Crippen molar-refractivity contribution < 1.29 is 14.3 Å². The summed E-state index contributed by atoms with van der Waals surface area (Å²) in [6.07, 6.45) is 4.89. The first-order valence-corrected chi connectivity index (χ1v) is 7.04. The number of para-hydroxylation sites is 1. The third-order valence-corrected chi connectivity index (χ3v) is 2.84. The van der Waals surface area contributed by atoms with E-state index in [1.165, 1.54) is 4.57 Å². The molecule has 0 spiro atoms. The molecule has 2 aromatic rings. The van der Waals surface area contributed by atoms with Crippen LogP contribution in [0.5, 0.6) is 0 Å². The lowest BCUT2D eigenvalue weighted by molar-refractivity contribution is 0.0544. The van der Waals surface area contributed by atoms with E-state index in [2.05, 4.69) is 0 Å². The first-order valence-electron chi connectivity index (χ1n) is 7.04. The van der Waals surface area contributed by atoms with Crippen LogP contribution in [-0.4, -0.2) is 22.9 Å². The zero-order chi connectivity index (χ0) is 15.5. The molecule has 0 radical (unpaired) electrons. The van der Waals surface area contributed by atoms with Gasteiger partial charge in [0.05, 0.1) is 18.4 Å². The molecule has 1 heterocycles. The SMILES string of the molecule is CCO/C=C/c1cn(C(=O)OC(C)(C)C)c2ccccc12. The van der Waals surface area contributed by atoms with Gasteiger partial charge in [-0.3, -0.25) is 4.57 Å². The standard InChI is InChI=1S/C17H21NO3/c1-5-20-11-10-13-12-18(16(19)21-17(2,3)4)15-9-7-6-8-14(13)15/h6-12H,5H2,1-4H3/b11-10+. The number of benzene rings is 1. The predicted octanol–water partition coefficient (Wildman–Crippen LogP) is 4.43. The number of ether oxygens (including phenoxy) is 2. The zero-order valence-electron chi connectivity index (χ0n) is 12.9. The molecular weight excluding hydrogens is 266 g/mol. The summed E-state index contributed by atoms with van der Waals surface area (Å²) in [5, 5.41) is 0.985. The lowest BCUT2D eigenvalue weighted by Gasteiger charge is -2.19. The van der Waals surface area contributed by atoms with Gasteiger partial charge in [0, 0.05) is 17.1 Å². The van der Waals surface area contributed by atoms with Gasteiger partial charge in [0.2, 0.25) is 0 Å². The van der Waals surface area contributed by atoms with Crippen LogP contribution in [0, 0.1) is 0 Å². The molecule has 21 heavy (non-hydrogen) atoms. The van der Waals surface area contributed by atoms with E-state index in [4.69, 9.17) is 9.47 Å². The molecule has 0 amide bonds. The number of hydrogen-bond donors (Lipinski definition) is 0. The van der Waals surface area contributed by atoms with Gasteiger partial charge in [0.25, 0.3) is 0 Å². The molecule has 0 saturated heterocycles. The zero-order valence-corrected chi connectivity index (χ0v) is 12.9. The predicted molar refractivity (Wildman–Crippen MR) is 84.2 cm³/mol. The van der Waals surface area contributed by atoms with E-state index >= 15 is 0 Å². The summed E-state index contributed by atoms with van der Waals surface area (Å²) in [7, 11) is 0. The molecule has 2 rings (SSSR count). The van der Waals surface area contributed by atoms with Crippen LogP contribution in [0.1, 0.15) is 33.3 Å². The molecular formula is C17H21NO3. The molecule has 0 aliphatic heterocycles. The number of carbonyl (C=O) groups excluding carboxylic acids is 1. The number of hydrogen-bond acceptors (Lipinski definition) is 3. The Morgan fingerprint density at radius 3 is 2.67 bits per heavy atom. The van der Waals surface area contributed by atoms with E-state index in [1.807, 2.05) is 58.0 Å². The molecule has 1 aromatic carbocycles. The van der Waals surface area contributed by atoms with Crippen LogP contribution in [0.3, 0.4) is 0 Å². The second-order valence-corrected chi connectivity index (χ2v) is 5.71. The molecule has 0 N–H and O–H groups in total. The van der Waals surface area contributed by atoms with Crippen LogP contribution in [-0.2, 0) is 9.47 Å². The number of aromatic nitrogens is 1. The Hall–Kier alpha value is -2.23. The largest absolute Gasteiger partial charge is 0.501 e. The Balaban J connectivity index is 2.43. The van der Waals surface area contributed by atoms with Gasteiger partial charge >= 0.3 is 6.09 Å². The van der Waals surface area contributed by atoms with E-state index in [1.54, 1.807) is 12.5 Å². The lowest BCUT2D eigenvalue weighted by Crippen LogP contribution is -2.26. The number of rotatable bonds is 3. The fourth-order valence-electron chi connectivity index (χ4n) is 2.02. The maximum Gasteiger partial charge on any atom is 0.419 e. The maximum atomic E-state index is 12.3. The molecule has 0 bridgehead atoms. The summed E-state index contributed by atoms with van der Waals surface area (Å²) in [4.78, 5) is 12.3. The van der Waals surface area contributed by atoms with E-state index in [0.717, 1.165) is 16.5 Å². The molecule has 112 valence electrons. The number of nitrogens with zero attached hydrogens (tertiary/aromatic N) is 1. The summed E-state index contributed by atoms with van der Waals surface area (Å²) in [5.41, 5.74) is 1.22. The Morgan fingerprint density at radius 1 is 1.29 bits per heavy atom. The minimum absolute atomic E-state index is 0.380. The molecule has 4 heteroatoms.